The molecule has 19 heavy (non-hydrogen) atoms. The molecule has 0 aliphatic rings. The molecule has 1 aromatic rings. The summed E-state index contributed by atoms with van der Waals surface area (Å²) in [6.45, 7) is 7.01. The highest BCUT2D eigenvalue weighted by Gasteiger charge is 2.22. The molecule has 108 valence electrons. The molecule has 1 rings (SSSR count). The lowest BCUT2D eigenvalue weighted by Gasteiger charge is -2.23. The van der Waals surface area contributed by atoms with E-state index in [1.807, 2.05) is 37.3 Å². The van der Waals surface area contributed by atoms with Gasteiger partial charge >= 0.3 is 0 Å². The van der Waals surface area contributed by atoms with E-state index in [0.29, 0.717) is 5.92 Å². The van der Waals surface area contributed by atoms with Crippen LogP contribution in [-0.2, 0) is 15.6 Å². The topological polar surface area (TPSA) is 46.2 Å². The van der Waals surface area contributed by atoms with Crippen molar-refractivity contribution in [3.63, 3.8) is 0 Å². The van der Waals surface area contributed by atoms with Gasteiger partial charge in [-0.25, -0.2) is 8.42 Å². The second-order valence-corrected chi connectivity index (χ2v) is 7.20. The van der Waals surface area contributed by atoms with E-state index >= 15 is 0 Å². The Balaban J connectivity index is 2.71. The predicted molar refractivity (Wildman–Crippen MR) is 80.9 cm³/mol. The smallest absolute Gasteiger partial charge is 0.155 e. The lowest BCUT2D eigenvalue weighted by molar-refractivity contribution is 0.398. The van der Waals surface area contributed by atoms with Crippen molar-refractivity contribution in [1.29, 1.82) is 0 Å². The molecule has 0 saturated heterocycles. The molecule has 0 aromatic heterocycles. The van der Waals surface area contributed by atoms with Crippen LogP contribution in [0.1, 0.15) is 32.8 Å². The van der Waals surface area contributed by atoms with Crippen molar-refractivity contribution >= 4 is 9.84 Å². The van der Waals surface area contributed by atoms with Gasteiger partial charge in [-0.1, -0.05) is 57.5 Å². The third-order valence-corrected chi connectivity index (χ3v) is 5.10. The van der Waals surface area contributed by atoms with E-state index in [9.17, 15) is 8.42 Å². The molecule has 0 heterocycles. The summed E-state index contributed by atoms with van der Waals surface area (Å²) in [5.74, 6) is 0.710. The van der Waals surface area contributed by atoms with Crippen LogP contribution < -0.4 is 5.32 Å². The van der Waals surface area contributed by atoms with Crippen LogP contribution >= 0.6 is 0 Å². The van der Waals surface area contributed by atoms with Gasteiger partial charge in [0.15, 0.2) is 9.84 Å². The lowest BCUT2D eigenvalue weighted by Crippen LogP contribution is -2.40. The Hall–Kier alpha value is -0.870. The van der Waals surface area contributed by atoms with Crippen molar-refractivity contribution in [3.05, 3.63) is 35.9 Å². The normalized spacial score (nSPS) is 15.1. The minimum atomic E-state index is -3.07. The van der Waals surface area contributed by atoms with E-state index in [-0.39, 0.29) is 17.5 Å². The fourth-order valence-corrected chi connectivity index (χ4v) is 3.94. The number of hydrogen-bond acceptors (Lipinski definition) is 3. The predicted octanol–water partition coefficient (Wildman–Crippen LogP) is 2.63. The Morgan fingerprint density at radius 2 is 1.79 bits per heavy atom. The van der Waals surface area contributed by atoms with Gasteiger partial charge in [0.1, 0.15) is 0 Å². The maximum Gasteiger partial charge on any atom is 0.155 e. The Morgan fingerprint density at radius 1 is 1.16 bits per heavy atom. The first-order chi connectivity index (χ1) is 8.98. The van der Waals surface area contributed by atoms with Gasteiger partial charge in [0.25, 0.3) is 0 Å². The molecule has 2 atom stereocenters. The SMILES string of the molecule is CCNC(CS(=O)(=O)Cc1ccccc1)C(C)CC. The van der Waals surface area contributed by atoms with Gasteiger partial charge in [0, 0.05) is 6.04 Å². The second kappa shape index (κ2) is 7.65. The first-order valence-electron chi connectivity index (χ1n) is 6.96. The Bertz CT molecular complexity index is 456. The number of hydrogen-bond donors (Lipinski definition) is 1. The highest BCUT2D eigenvalue weighted by atomic mass is 32.2. The highest BCUT2D eigenvalue weighted by molar-refractivity contribution is 7.90. The molecule has 0 aliphatic carbocycles. The molecule has 0 fully saturated rings. The van der Waals surface area contributed by atoms with Crippen molar-refractivity contribution in [3.8, 4) is 0 Å². The molecule has 0 saturated carbocycles. The zero-order valence-corrected chi connectivity index (χ0v) is 12.9. The quantitative estimate of drug-likeness (QED) is 0.798. The monoisotopic (exact) mass is 283 g/mol. The Labute approximate surface area is 117 Å². The highest BCUT2D eigenvalue weighted by Crippen LogP contribution is 2.13. The molecule has 2 unspecified atom stereocenters. The Kier molecular flexibility index (Phi) is 6.52. The maximum absolute atomic E-state index is 12.3. The Morgan fingerprint density at radius 3 is 2.32 bits per heavy atom. The largest absolute Gasteiger partial charge is 0.313 e. The lowest BCUT2D eigenvalue weighted by atomic mass is 10.0. The summed E-state index contributed by atoms with van der Waals surface area (Å²) in [5, 5.41) is 3.30. The third-order valence-electron chi connectivity index (χ3n) is 3.46. The zero-order chi connectivity index (χ0) is 14.3. The van der Waals surface area contributed by atoms with Crippen LogP contribution in [0, 0.1) is 5.92 Å². The van der Waals surface area contributed by atoms with Crippen LogP contribution in [0.25, 0.3) is 0 Å². The summed E-state index contributed by atoms with van der Waals surface area (Å²) in [6, 6.07) is 9.43. The van der Waals surface area contributed by atoms with Crippen LogP contribution in [0.5, 0.6) is 0 Å². The van der Waals surface area contributed by atoms with E-state index in [4.69, 9.17) is 0 Å². The molecule has 0 spiro atoms. The third kappa shape index (κ3) is 5.74. The standard InChI is InChI=1S/C15H25NO2S/c1-4-13(3)15(16-5-2)12-19(17,18)11-14-9-7-6-8-10-14/h6-10,13,15-16H,4-5,11-12H2,1-3H3. The van der Waals surface area contributed by atoms with E-state index in [1.165, 1.54) is 0 Å². The van der Waals surface area contributed by atoms with Crippen LogP contribution in [0.4, 0.5) is 0 Å². The molecule has 0 bridgehead atoms. The summed E-state index contributed by atoms with van der Waals surface area (Å²) in [7, 11) is -3.07. The second-order valence-electron chi connectivity index (χ2n) is 5.09. The van der Waals surface area contributed by atoms with Gasteiger partial charge in [-0.2, -0.15) is 0 Å². The average molecular weight is 283 g/mol. The van der Waals surface area contributed by atoms with Gasteiger partial charge in [-0.15, -0.1) is 0 Å². The first-order valence-corrected chi connectivity index (χ1v) is 8.78. The molecule has 0 radical (unpaired) electrons. The van der Waals surface area contributed by atoms with Gasteiger partial charge < -0.3 is 5.32 Å². The van der Waals surface area contributed by atoms with Crippen molar-refractivity contribution < 1.29 is 8.42 Å². The summed E-state index contributed by atoms with van der Waals surface area (Å²) in [5.41, 5.74) is 0.863. The van der Waals surface area contributed by atoms with Crippen LogP contribution in [0.2, 0.25) is 0 Å². The van der Waals surface area contributed by atoms with E-state index in [2.05, 4.69) is 19.2 Å². The van der Waals surface area contributed by atoms with Gasteiger partial charge in [0.2, 0.25) is 0 Å². The number of benzene rings is 1. The maximum atomic E-state index is 12.3. The van der Waals surface area contributed by atoms with Gasteiger partial charge in [-0.05, 0) is 18.0 Å². The van der Waals surface area contributed by atoms with E-state index in [0.717, 1.165) is 18.5 Å². The number of rotatable bonds is 8. The van der Waals surface area contributed by atoms with Crippen molar-refractivity contribution in [2.24, 2.45) is 5.92 Å². The summed E-state index contributed by atoms with van der Waals surface area (Å²) >= 11 is 0. The molecule has 1 aromatic carbocycles. The summed E-state index contributed by atoms with van der Waals surface area (Å²) in [4.78, 5) is 0. The minimum Gasteiger partial charge on any atom is -0.313 e. The molecule has 0 amide bonds. The van der Waals surface area contributed by atoms with Crippen molar-refractivity contribution in [2.45, 2.75) is 39.0 Å². The van der Waals surface area contributed by atoms with Crippen LogP contribution in [0.15, 0.2) is 30.3 Å². The number of nitrogens with one attached hydrogen (secondary N) is 1. The van der Waals surface area contributed by atoms with Crippen molar-refractivity contribution in [2.75, 3.05) is 12.3 Å². The molecule has 4 heteroatoms. The van der Waals surface area contributed by atoms with E-state index < -0.39 is 9.84 Å². The van der Waals surface area contributed by atoms with Crippen LogP contribution in [0.3, 0.4) is 0 Å². The number of sulfone groups is 1. The minimum absolute atomic E-state index is 0.0451. The van der Waals surface area contributed by atoms with Crippen LogP contribution in [-0.4, -0.2) is 26.8 Å². The zero-order valence-electron chi connectivity index (χ0n) is 12.1. The molecular formula is C15H25NO2S. The fraction of sp³-hybridized carbons (Fsp3) is 0.600. The van der Waals surface area contributed by atoms with Gasteiger partial charge in [-0.3, -0.25) is 0 Å². The summed E-state index contributed by atoms with van der Waals surface area (Å²) < 4.78 is 24.5. The molecule has 1 N–H and O–H groups in total. The van der Waals surface area contributed by atoms with E-state index in [1.54, 1.807) is 0 Å². The van der Waals surface area contributed by atoms with Gasteiger partial charge in [0.05, 0.1) is 11.5 Å². The molecule has 3 nitrogen and oxygen atoms in total. The average Bonchev–Trinajstić information content (AvgIpc) is 2.37. The fourth-order valence-electron chi connectivity index (χ4n) is 2.13. The summed E-state index contributed by atoms with van der Waals surface area (Å²) in [6.07, 6.45) is 0.985. The first kappa shape index (κ1) is 16.2. The van der Waals surface area contributed by atoms with Crippen molar-refractivity contribution in [1.82, 2.24) is 5.32 Å². The molecule has 0 aliphatic heterocycles. The molecular weight excluding hydrogens is 258 g/mol.